The van der Waals surface area contributed by atoms with E-state index in [-0.39, 0.29) is 0 Å². The molecule has 0 amide bonds. The summed E-state index contributed by atoms with van der Waals surface area (Å²) in [6.45, 7) is 2.00. The summed E-state index contributed by atoms with van der Waals surface area (Å²) in [5.41, 5.74) is 7.15. The minimum Gasteiger partial charge on any atom is -0.381 e. The Morgan fingerprint density at radius 1 is 0.433 bits per heavy atom. The van der Waals surface area contributed by atoms with Crippen molar-refractivity contribution in [3.8, 4) is 0 Å². The molecule has 1 saturated heterocycles. The molecule has 0 spiro atoms. The fourth-order valence-corrected chi connectivity index (χ4v) is 3.51. The van der Waals surface area contributed by atoms with Gasteiger partial charge in [-0.3, -0.25) is 0 Å². The molecule has 0 aromatic carbocycles. The molecule has 5 heteroatoms. The summed E-state index contributed by atoms with van der Waals surface area (Å²) in [6.07, 6.45) is 27.7. The first-order valence-electron chi connectivity index (χ1n) is 10.3. The Labute approximate surface area is 176 Å². The van der Waals surface area contributed by atoms with Crippen molar-refractivity contribution < 1.29 is 4.74 Å². The Balaban J connectivity index is 0.000000279. The first-order valence-corrected chi connectivity index (χ1v) is 10.3. The molecule has 0 atom stereocenters. The maximum absolute atomic E-state index is 5.07. The molecule has 6 aliphatic rings. The lowest BCUT2D eigenvalue weighted by atomic mass is 10.2. The van der Waals surface area contributed by atoms with E-state index in [1.54, 1.807) is 0 Å². The third-order valence-electron chi connectivity index (χ3n) is 4.99. The summed E-state index contributed by atoms with van der Waals surface area (Å²) < 4.78 is 5.07. The highest BCUT2D eigenvalue weighted by Crippen LogP contribution is 2.20. The summed E-state index contributed by atoms with van der Waals surface area (Å²) in [4.78, 5) is 18.4. The number of aliphatic imine (C=N–C) groups is 4. The van der Waals surface area contributed by atoms with E-state index in [1.165, 1.54) is 19.3 Å². The zero-order chi connectivity index (χ0) is 20.2. The molecular weight excluding hydrogens is 372 g/mol. The van der Waals surface area contributed by atoms with Crippen molar-refractivity contribution in [2.24, 2.45) is 20.0 Å². The van der Waals surface area contributed by atoms with Gasteiger partial charge in [-0.05, 0) is 92.2 Å². The van der Waals surface area contributed by atoms with Crippen molar-refractivity contribution in [1.82, 2.24) is 0 Å². The molecule has 0 saturated carbocycles. The zero-order valence-corrected chi connectivity index (χ0v) is 16.7. The van der Waals surface area contributed by atoms with Crippen molar-refractivity contribution in [1.29, 1.82) is 0 Å². The van der Waals surface area contributed by atoms with E-state index in [0.29, 0.717) is 0 Å². The molecule has 6 rings (SSSR count). The van der Waals surface area contributed by atoms with Gasteiger partial charge in [0.05, 0.1) is 45.6 Å². The molecule has 0 aliphatic carbocycles. The van der Waals surface area contributed by atoms with Crippen LogP contribution in [0.4, 0.5) is 0 Å². The number of rotatable bonds is 0. The lowest BCUT2D eigenvalue weighted by Gasteiger charge is -2.08. The second-order valence-corrected chi connectivity index (χ2v) is 7.43. The van der Waals surface area contributed by atoms with Crippen LogP contribution in [-0.2, 0) is 4.74 Å². The molecule has 0 aromatic rings. The Morgan fingerprint density at radius 3 is 1.00 bits per heavy atom. The second kappa shape index (κ2) is 8.51. The van der Waals surface area contributed by atoms with Crippen molar-refractivity contribution in [2.45, 2.75) is 19.3 Å². The lowest BCUT2D eigenvalue weighted by Crippen LogP contribution is -2.03. The Morgan fingerprint density at radius 2 is 0.767 bits per heavy atom. The molecule has 30 heavy (non-hydrogen) atoms. The highest BCUT2D eigenvalue weighted by Gasteiger charge is 2.11. The monoisotopic (exact) mass is 394 g/mol. The average molecular weight is 394 g/mol. The first kappa shape index (κ1) is 18.6. The van der Waals surface area contributed by atoms with Crippen molar-refractivity contribution in [3.63, 3.8) is 0 Å². The SMILES string of the molecule is C1=CC2=NC1=CC1=NC(=CC3=NC(=CC4=NC(=C2)C=C4)C=C3)C=C1.C1CCOCC1. The summed E-state index contributed by atoms with van der Waals surface area (Å²) in [7, 11) is 0. The summed E-state index contributed by atoms with van der Waals surface area (Å²) in [5.74, 6) is 0. The molecular formula is C25H22N4O. The van der Waals surface area contributed by atoms with Gasteiger partial charge in [0.2, 0.25) is 0 Å². The minimum atomic E-state index is 0.894. The van der Waals surface area contributed by atoms with Gasteiger partial charge < -0.3 is 4.74 Å². The van der Waals surface area contributed by atoms with Gasteiger partial charge in [-0.2, -0.15) is 0 Å². The van der Waals surface area contributed by atoms with Crippen LogP contribution in [0.15, 0.2) is 116 Å². The smallest absolute Gasteiger partial charge is 0.0659 e. The Bertz CT molecular complexity index is 928. The standard InChI is InChI=1S/C20H12N4.C5H10O/c1-2-14-10-16-5-6-18(23-16)12-20-8-7-19(24-20)11-17-4-3-15(22-17)9-13(1)21-14;1-2-4-6-5-3-1/h1-12H;1-5H2. The van der Waals surface area contributed by atoms with E-state index in [2.05, 4.69) is 20.0 Å². The number of nitrogens with zero attached hydrogens (tertiary/aromatic N) is 4. The Kier molecular flexibility index (Phi) is 5.27. The quantitative estimate of drug-likeness (QED) is 0.584. The Hall–Kier alpha value is -3.44. The van der Waals surface area contributed by atoms with Crippen LogP contribution in [0.25, 0.3) is 0 Å². The molecule has 6 aliphatic heterocycles. The lowest BCUT2D eigenvalue weighted by molar-refractivity contribution is 0.0968. The van der Waals surface area contributed by atoms with E-state index in [0.717, 1.165) is 58.8 Å². The van der Waals surface area contributed by atoms with Crippen LogP contribution in [0.3, 0.4) is 0 Å². The fraction of sp³-hybridized carbons (Fsp3) is 0.200. The van der Waals surface area contributed by atoms with E-state index in [1.807, 2.05) is 72.9 Å². The number of fused-ring (bicyclic) bond motifs is 4. The fourth-order valence-electron chi connectivity index (χ4n) is 3.51. The van der Waals surface area contributed by atoms with Crippen molar-refractivity contribution in [2.75, 3.05) is 13.2 Å². The van der Waals surface area contributed by atoms with Gasteiger partial charge in [-0.15, -0.1) is 0 Å². The zero-order valence-electron chi connectivity index (χ0n) is 16.7. The molecule has 0 aromatic heterocycles. The molecule has 0 unspecified atom stereocenters. The van der Waals surface area contributed by atoms with E-state index in [4.69, 9.17) is 4.74 Å². The highest BCUT2D eigenvalue weighted by atomic mass is 16.5. The topological polar surface area (TPSA) is 58.7 Å². The van der Waals surface area contributed by atoms with Gasteiger partial charge in [-0.1, -0.05) is 0 Å². The van der Waals surface area contributed by atoms with Gasteiger partial charge in [0.15, 0.2) is 0 Å². The normalized spacial score (nSPS) is 22.9. The summed E-state index contributed by atoms with van der Waals surface area (Å²) in [6, 6.07) is 0. The molecule has 0 radical (unpaired) electrons. The van der Waals surface area contributed by atoms with Crippen LogP contribution in [0.2, 0.25) is 0 Å². The van der Waals surface area contributed by atoms with E-state index >= 15 is 0 Å². The number of hydrogen-bond donors (Lipinski definition) is 0. The van der Waals surface area contributed by atoms with Crippen molar-refractivity contribution >= 4 is 22.8 Å². The maximum Gasteiger partial charge on any atom is 0.0659 e. The molecule has 0 N–H and O–H groups in total. The van der Waals surface area contributed by atoms with E-state index < -0.39 is 0 Å². The van der Waals surface area contributed by atoms with Crippen LogP contribution in [-0.4, -0.2) is 36.1 Å². The van der Waals surface area contributed by atoms with Gasteiger partial charge in [0.25, 0.3) is 0 Å². The van der Waals surface area contributed by atoms with Crippen molar-refractivity contribution in [3.05, 3.63) is 95.7 Å². The highest BCUT2D eigenvalue weighted by molar-refractivity contribution is 6.14. The first-order chi connectivity index (χ1) is 14.8. The van der Waals surface area contributed by atoms with E-state index in [9.17, 15) is 0 Å². The van der Waals surface area contributed by atoms with Crippen LogP contribution < -0.4 is 0 Å². The summed E-state index contributed by atoms with van der Waals surface area (Å²) in [5, 5.41) is 0. The largest absolute Gasteiger partial charge is 0.381 e. The maximum atomic E-state index is 5.07. The van der Waals surface area contributed by atoms with Gasteiger partial charge >= 0.3 is 0 Å². The number of hydrogen-bond acceptors (Lipinski definition) is 5. The third kappa shape index (κ3) is 4.58. The number of allylic oxidation sites excluding steroid dienone is 12. The van der Waals surface area contributed by atoms with Crippen LogP contribution in [0.1, 0.15) is 19.3 Å². The molecule has 8 bridgehead atoms. The molecule has 148 valence electrons. The van der Waals surface area contributed by atoms with Crippen LogP contribution in [0, 0.1) is 0 Å². The molecule has 6 heterocycles. The summed E-state index contributed by atoms with van der Waals surface area (Å²) >= 11 is 0. The predicted molar refractivity (Wildman–Crippen MR) is 123 cm³/mol. The van der Waals surface area contributed by atoms with Gasteiger partial charge in [0, 0.05) is 13.2 Å². The van der Waals surface area contributed by atoms with Crippen LogP contribution in [0.5, 0.6) is 0 Å². The number of ether oxygens (including phenoxy) is 1. The molecule has 1 fully saturated rings. The van der Waals surface area contributed by atoms with Crippen LogP contribution >= 0.6 is 0 Å². The van der Waals surface area contributed by atoms with Gasteiger partial charge in [-0.25, -0.2) is 20.0 Å². The van der Waals surface area contributed by atoms with Gasteiger partial charge in [0.1, 0.15) is 0 Å². The average Bonchev–Trinajstić information content (AvgIpc) is 3.56. The minimum absolute atomic E-state index is 0.894. The molecule has 5 nitrogen and oxygen atoms in total. The third-order valence-corrected chi connectivity index (χ3v) is 4.99. The predicted octanol–water partition coefficient (Wildman–Crippen LogP) is 4.77. The second-order valence-electron chi connectivity index (χ2n) is 7.43.